The van der Waals surface area contributed by atoms with Gasteiger partial charge in [0.2, 0.25) is 0 Å². The SMILES string of the molecule is Oc1cc(Cl)c(OCc2ccccc2)c(OCc2ccccc2)c1. The summed E-state index contributed by atoms with van der Waals surface area (Å²) in [5.41, 5.74) is 2.04. The standard InChI is InChI=1S/C20H17ClO3/c21-18-11-17(22)12-19(23-13-15-7-3-1-4-8-15)20(18)24-14-16-9-5-2-6-10-16/h1-12,22H,13-14H2. The van der Waals surface area contributed by atoms with Gasteiger partial charge in [0, 0.05) is 12.1 Å². The van der Waals surface area contributed by atoms with Crippen molar-refractivity contribution < 1.29 is 14.6 Å². The molecule has 0 atom stereocenters. The van der Waals surface area contributed by atoms with E-state index >= 15 is 0 Å². The maximum atomic E-state index is 9.78. The summed E-state index contributed by atoms with van der Waals surface area (Å²) in [7, 11) is 0. The van der Waals surface area contributed by atoms with Crippen LogP contribution in [0.25, 0.3) is 0 Å². The first-order valence-electron chi connectivity index (χ1n) is 7.58. The first-order chi connectivity index (χ1) is 11.7. The van der Waals surface area contributed by atoms with E-state index in [1.54, 1.807) is 0 Å². The van der Waals surface area contributed by atoms with Crippen molar-refractivity contribution >= 4 is 11.6 Å². The third kappa shape index (κ3) is 4.21. The molecule has 0 bridgehead atoms. The van der Waals surface area contributed by atoms with Gasteiger partial charge in [-0.05, 0) is 11.1 Å². The second-order valence-corrected chi connectivity index (χ2v) is 5.71. The molecule has 0 saturated carbocycles. The molecule has 0 aromatic heterocycles. The van der Waals surface area contributed by atoms with Crippen molar-refractivity contribution in [3.05, 3.63) is 88.9 Å². The topological polar surface area (TPSA) is 38.7 Å². The predicted molar refractivity (Wildman–Crippen MR) is 94.7 cm³/mol. The fraction of sp³-hybridized carbons (Fsp3) is 0.100. The molecule has 0 saturated heterocycles. The molecule has 1 N–H and O–H groups in total. The van der Waals surface area contributed by atoms with E-state index in [0.29, 0.717) is 29.7 Å². The zero-order chi connectivity index (χ0) is 16.8. The molecule has 3 aromatic carbocycles. The molecule has 0 amide bonds. The minimum Gasteiger partial charge on any atom is -0.508 e. The monoisotopic (exact) mass is 340 g/mol. The number of rotatable bonds is 6. The lowest BCUT2D eigenvalue weighted by molar-refractivity contribution is 0.255. The van der Waals surface area contributed by atoms with Crippen molar-refractivity contribution in [3.8, 4) is 17.2 Å². The van der Waals surface area contributed by atoms with Gasteiger partial charge < -0.3 is 14.6 Å². The Balaban J connectivity index is 1.77. The van der Waals surface area contributed by atoms with E-state index in [-0.39, 0.29) is 5.75 Å². The summed E-state index contributed by atoms with van der Waals surface area (Å²) in [6.07, 6.45) is 0. The van der Waals surface area contributed by atoms with Crippen LogP contribution in [0.15, 0.2) is 72.8 Å². The number of aromatic hydroxyl groups is 1. The Labute approximate surface area is 146 Å². The molecule has 3 rings (SSSR count). The molecule has 24 heavy (non-hydrogen) atoms. The molecule has 0 spiro atoms. The third-order valence-corrected chi connectivity index (χ3v) is 3.74. The van der Waals surface area contributed by atoms with Crippen LogP contribution in [0.5, 0.6) is 17.2 Å². The molecule has 0 radical (unpaired) electrons. The Kier molecular flexibility index (Phi) is 5.24. The second-order valence-electron chi connectivity index (χ2n) is 5.30. The molecule has 3 aromatic rings. The highest BCUT2D eigenvalue weighted by atomic mass is 35.5. The molecule has 0 aliphatic heterocycles. The minimum absolute atomic E-state index is 0.0372. The molecule has 0 heterocycles. The van der Waals surface area contributed by atoms with Gasteiger partial charge in [0.05, 0.1) is 5.02 Å². The normalized spacial score (nSPS) is 10.4. The number of phenols is 1. The van der Waals surface area contributed by atoms with Gasteiger partial charge >= 0.3 is 0 Å². The number of ether oxygens (including phenoxy) is 2. The molecular formula is C20H17ClO3. The molecule has 0 aliphatic carbocycles. The van der Waals surface area contributed by atoms with Crippen molar-refractivity contribution in [3.63, 3.8) is 0 Å². The molecule has 0 fully saturated rings. The number of halogens is 1. The van der Waals surface area contributed by atoms with E-state index in [2.05, 4.69) is 0 Å². The lowest BCUT2D eigenvalue weighted by atomic mass is 10.2. The summed E-state index contributed by atoms with van der Waals surface area (Å²) in [6, 6.07) is 22.5. The Morgan fingerprint density at radius 3 is 1.88 bits per heavy atom. The maximum absolute atomic E-state index is 9.78. The predicted octanol–water partition coefficient (Wildman–Crippen LogP) is 5.20. The summed E-state index contributed by atoms with van der Waals surface area (Å²) in [5, 5.41) is 10.1. The minimum atomic E-state index is 0.0372. The molecule has 0 unspecified atom stereocenters. The van der Waals surface area contributed by atoms with Crippen molar-refractivity contribution in [2.45, 2.75) is 13.2 Å². The molecule has 0 aliphatic rings. The van der Waals surface area contributed by atoms with Crippen molar-refractivity contribution in [1.29, 1.82) is 0 Å². The largest absolute Gasteiger partial charge is 0.508 e. The van der Waals surface area contributed by atoms with Crippen LogP contribution < -0.4 is 9.47 Å². The van der Waals surface area contributed by atoms with E-state index in [4.69, 9.17) is 21.1 Å². The summed E-state index contributed by atoms with van der Waals surface area (Å²) < 4.78 is 11.6. The highest BCUT2D eigenvalue weighted by Crippen LogP contribution is 2.39. The number of hydrogen-bond acceptors (Lipinski definition) is 3. The number of benzene rings is 3. The van der Waals surface area contributed by atoms with Gasteiger partial charge in [-0.2, -0.15) is 0 Å². The van der Waals surface area contributed by atoms with Crippen molar-refractivity contribution in [2.75, 3.05) is 0 Å². The summed E-state index contributed by atoms with van der Waals surface area (Å²) >= 11 is 6.22. The average Bonchev–Trinajstić information content (AvgIpc) is 2.61. The van der Waals surface area contributed by atoms with Crippen LogP contribution in [0, 0.1) is 0 Å². The zero-order valence-corrected chi connectivity index (χ0v) is 13.7. The fourth-order valence-corrected chi connectivity index (χ4v) is 2.53. The van der Waals surface area contributed by atoms with Gasteiger partial charge in [-0.25, -0.2) is 0 Å². The van der Waals surface area contributed by atoms with Crippen LogP contribution in [-0.2, 0) is 13.2 Å². The second kappa shape index (κ2) is 7.75. The fourth-order valence-electron chi connectivity index (χ4n) is 2.27. The Morgan fingerprint density at radius 1 is 0.750 bits per heavy atom. The van der Waals surface area contributed by atoms with Crippen LogP contribution in [0.1, 0.15) is 11.1 Å². The maximum Gasteiger partial charge on any atom is 0.180 e. The number of hydrogen-bond donors (Lipinski definition) is 1. The Bertz CT molecular complexity index is 789. The average molecular weight is 341 g/mol. The highest BCUT2D eigenvalue weighted by molar-refractivity contribution is 6.32. The van der Waals surface area contributed by atoms with Gasteiger partial charge in [0.1, 0.15) is 19.0 Å². The smallest absolute Gasteiger partial charge is 0.180 e. The first kappa shape index (κ1) is 16.2. The van der Waals surface area contributed by atoms with Gasteiger partial charge in [-0.1, -0.05) is 72.3 Å². The van der Waals surface area contributed by atoms with Gasteiger partial charge in [0.15, 0.2) is 11.5 Å². The first-order valence-corrected chi connectivity index (χ1v) is 7.96. The van der Waals surface area contributed by atoms with Gasteiger partial charge in [0.25, 0.3) is 0 Å². The summed E-state index contributed by atoms with van der Waals surface area (Å²) in [5.74, 6) is 0.879. The van der Waals surface area contributed by atoms with E-state index in [0.717, 1.165) is 11.1 Å². The van der Waals surface area contributed by atoms with Gasteiger partial charge in [-0.3, -0.25) is 0 Å². The van der Waals surface area contributed by atoms with Crippen LogP contribution >= 0.6 is 11.6 Å². The molecule has 4 heteroatoms. The van der Waals surface area contributed by atoms with E-state index in [1.165, 1.54) is 12.1 Å². The van der Waals surface area contributed by atoms with Crippen LogP contribution in [0.3, 0.4) is 0 Å². The Hall–Kier alpha value is -2.65. The lowest BCUT2D eigenvalue weighted by Gasteiger charge is -2.15. The van der Waals surface area contributed by atoms with Gasteiger partial charge in [-0.15, -0.1) is 0 Å². The molecule has 122 valence electrons. The Morgan fingerprint density at radius 2 is 1.29 bits per heavy atom. The van der Waals surface area contributed by atoms with Crippen LogP contribution in [-0.4, -0.2) is 5.11 Å². The van der Waals surface area contributed by atoms with E-state index < -0.39 is 0 Å². The third-order valence-electron chi connectivity index (χ3n) is 3.46. The quantitative estimate of drug-likeness (QED) is 0.670. The summed E-state index contributed by atoms with van der Waals surface area (Å²) in [4.78, 5) is 0. The highest BCUT2D eigenvalue weighted by Gasteiger charge is 2.13. The number of phenolic OH excluding ortho intramolecular Hbond substituents is 1. The van der Waals surface area contributed by atoms with Crippen LogP contribution in [0.4, 0.5) is 0 Å². The van der Waals surface area contributed by atoms with E-state index in [9.17, 15) is 5.11 Å². The molecular weight excluding hydrogens is 324 g/mol. The molecule has 3 nitrogen and oxygen atoms in total. The zero-order valence-electron chi connectivity index (χ0n) is 13.0. The summed E-state index contributed by atoms with van der Waals surface area (Å²) in [6.45, 7) is 0.731. The van der Waals surface area contributed by atoms with Crippen molar-refractivity contribution in [2.24, 2.45) is 0 Å². The van der Waals surface area contributed by atoms with E-state index in [1.807, 2.05) is 60.7 Å². The van der Waals surface area contributed by atoms with Crippen LogP contribution in [0.2, 0.25) is 5.02 Å². The van der Waals surface area contributed by atoms with Crippen molar-refractivity contribution in [1.82, 2.24) is 0 Å². The lowest BCUT2D eigenvalue weighted by Crippen LogP contribution is -2.01.